The minimum absolute atomic E-state index is 0.0554. The fourth-order valence-corrected chi connectivity index (χ4v) is 2.24. The average Bonchev–Trinajstić information content (AvgIpc) is 2.46. The predicted molar refractivity (Wildman–Crippen MR) is 84.8 cm³/mol. The third-order valence-corrected chi connectivity index (χ3v) is 3.32. The van der Waals surface area contributed by atoms with Crippen molar-refractivity contribution < 1.29 is 9.59 Å². The van der Waals surface area contributed by atoms with E-state index >= 15 is 0 Å². The number of hydrogen-bond acceptors (Lipinski definition) is 2. The Labute approximate surface area is 127 Å². The lowest BCUT2D eigenvalue weighted by atomic mass is 10.0. The van der Waals surface area contributed by atoms with Gasteiger partial charge in [0.25, 0.3) is 0 Å². The van der Waals surface area contributed by atoms with Crippen LogP contribution in [0.1, 0.15) is 38.7 Å². The summed E-state index contributed by atoms with van der Waals surface area (Å²) in [5.41, 5.74) is 1.23. The second-order valence-corrected chi connectivity index (χ2v) is 5.70. The second-order valence-electron chi connectivity index (χ2n) is 5.70. The first kappa shape index (κ1) is 17.2. The lowest BCUT2D eigenvalue weighted by molar-refractivity contribution is -0.129. The summed E-state index contributed by atoms with van der Waals surface area (Å²) in [6.07, 6.45) is 2.77. The van der Waals surface area contributed by atoms with Crippen molar-refractivity contribution in [2.45, 2.75) is 45.6 Å². The van der Waals surface area contributed by atoms with Crippen LogP contribution in [-0.4, -0.2) is 24.9 Å². The van der Waals surface area contributed by atoms with Gasteiger partial charge in [0.15, 0.2) is 0 Å². The molecule has 0 unspecified atom stereocenters. The van der Waals surface area contributed by atoms with Crippen LogP contribution in [0.3, 0.4) is 0 Å². The molecule has 4 nitrogen and oxygen atoms in total. The van der Waals surface area contributed by atoms with Crippen LogP contribution in [-0.2, 0) is 16.0 Å². The maximum absolute atomic E-state index is 12.0. The van der Waals surface area contributed by atoms with Gasteiger partial charge in [-0.1, -0.05) is 44.2 Å². The first-order valence-corrected chi connectivity index (χ1v) is 7.57. The Balaban J connectivity index is 2.37. The van der Waals surface area contributed by atoms with E-state index in [0.29, 0.717) is 18.8 Å². The van der Waals surface area contributed by atoms with Gasteiger partial charge in [0.1, 0.15) is 6.04 Å². The quantitative estimate of drug-likeness (QED) is 0.771. The summed E-state index contributed by atoms with van der Waals surface area (Å²) in [7, 11) is 1.59. The highest BCUT2D eigenvalue weighted by Gasteiger charge is 2.20. The molecule has 0 saturated heterocycles. The molecule has 1 rings (SSSR count). The molecule has 0 aliphatic carbocycles. The third-order valence-electron chi connectivity index (χ3n) is 3.32. The standard InChI is InChI=1S/C17H26N2O2/c1-13(2)12-15(17(21)18-3)19-16(20)11-7-10-14-8-5-4-6-9-14/h4-6,8-9,13,15H,7,10-12H2,1-3H3,(H,18,21)(H,19,20)/t15-/m0/s1. The zero-order chi connectivity index (χ0) is 15.7. The number of amides is 2. The third kappa shape index (κ3) is 6.93. The van der Waals surface area contributed by atoms with Crippen LogP contribution < -0.4 is 10.6 Å². The molecule has 0 aliphatic heterocycles. The van der Waals surface area contributed by atoms with Crippen molar-refractivity contribution in [3.8, 4) is 0 Å². The Bertz CT molecular complexity index is 443. The van der Waals surface area contributed by atoms with Gasteiger partial charge in [0, 0.05) is 13.5 Å². The molecular weight excluding hydrogens is 264 g/mol. The van der Waals surface area contributed by atoms with Gasteiger partial charge in [-0.25, -0.2) is 0 Å². The fourth-order valence-electron chi connectivity index (χ4n) is 2.24. The summed E-state index contributed by atoms with van der Waals surface area (Å²) in [5.74, 6) is 0.178. The van der Waals surface area contributed by atoms with E-state index in [1.165, 1.54) is 5.56 Å². The SMILES string of the molecule is CNC(=O)[C@H](CC(C)C)NC(=O)CCCc1ccccc1. The van der Waals surface area contributed by atoms with Crippen LogP contribution >= 0.6 is 0 Å². The van der Waals surface area contributed by atoms with Gasteiger partial charge in [0.2, 0.25) is 11.8 Å². The van der Waals surface area contributed by atoms with Crippen LogP contribution in [0.5, 0.6) is 0 Å². The molecule has 4 heteroatoms. The molecule has 0 radical (unpaired) electrons. The van der Waals surface area contributed by atoms with Gasteiger partial charge in [-0.15, -0.1) is 0 Å². The average molecular weight is 290 g/mol. The Hall–Kier alpha value is -1.84. The molecule has 0 spiro atoms. The second kappa shape index (κ2) is 9.16. The first-order chi connectivity index (χ1) is 10.0. The lowest BCUT2D eigenvalue weighted by Crippen LogP contribution is -2.46. The van der Waals surface area contributed by atoms with E-state index in [4.69, 9.17) is 0 Å². The summed E-state index contributed by atoms with van der Waals surface area (Å²) < 4.78 is 0. The lowest BCUT2D eigenvalue weighted by Gasteiger charge is -2.19. The highest BCUT2D eigenvalue weighted by atomic mass is 16.2. The number of benzene rings is 1. The number of aryl methyl sites for hydroxylation is 1. The minimum atomic E-state index is -0.431. The van der Waals surface area contributed by atoms with Crippen LogP contribution in [0, 0.1) is 5.92 Å². The van der Waals surface area contributed by atoms with Crippen molar-refractivity contribution in [1.82, 2.24) is 10.6 Å². The molecule has 0 aliphatic rings. The van der Waals surface area contributed by atoms with E-state index in [1.54, 1.807) is 7.05 Å². The van der Waals surface area contributed by atoms with Crippen molar-refractivity contribution in [2.75, 3.05) is 7.05 Å². The molecule has 0 aromatic heterocycles. The van der Waals surface area contributed by atoms with Crippen molar-refractivity contribution in [3.63, 3.8) is 0 Å². The van der Waals surface area contributed by atoms with E-state index in [0.717, 1.165) is 12.8 Å². The summed E-state index contributed by atoms with van der Waals surface area (Å²) >= 11 is 0. The van der Waals surface area contributed by atoms with E-state index in [9.17, 15) is 9.59 Å². The Morgan fingerprint density at radius 1 is 1.14 bits per heavy atom. The fraction of sp³-hybridized carbons (Fsp3) is 0.529. The zero-order valence-corrected chi connectivity index (χ0v) is 13.2. The van der Waals surface area contributed by atoms with Crippen molar-refractivity contribution >= 4 is 11.8 Å². The normalized spacial score (nSPS) is 12.0. The zero-order valence-electron chi connectivity index (χ0n) is 13.2. The maximum atomic E-state index is 12.0. The van der Waals surface area contributed by atoms with Gasteiger partial charge in [-0.3, -0.25) is 9.59 Å². The number of likely N-dealkylation sites (N-methyl/N-ethyl adjacent to an activating group) is 1. The largest absolute Gasteiger partial charge is 0.357 e. The highest BCUT2D eigenvalue weighted by molar-refractivity contribution is 5.87. The minimum Gasteiger partial charge on any atom is -0.357 e. The number of carbonyl (C=O) groups excluding carboxylic acids is 2. The highest BCUT2D eigenvalue weighted by Crippen LogP contribution is 2.07. The molecule has 1 aromatic carbocycles. The van der Waals surface area contributed by atoms with Gasteiger partial charge in [-0.05, 0) is 30.7 Å². The topological polar surface area (TPSA) is 58.2 Å². The van der Waals surface area contributed by atoms with Crippen molar-refractivity contribution in [2.24, 2.45) is 5.92 Å². The Morgan fingerprint density at radius 3 is 2.38 bits per heavy atom. The van der Waals surface area contributed by atoms with Crippen molar-refractivity contribution in [3.05, 3.63) is 35.9 Å². The van der Waals surface area contributed by atoms with Crippen LogP contribution in [0.2, 0.25) is 0 Å². The summed E-state index contributed by atoms with van der Waals surface area (Å²) in [5, 5.41) is 5.44. The molecule has 116 valence electrons. The summed E-state index contributed by atoms with van der Waals surface area (Å²) in [6.45, 7) is 4.08. The predicted octanol–water partition coefficient (Wildman–Crippen LogP) is 2.29. The van der Waals surface area contributed by atoms with Gasteiger partial charge < -0.3 is 10.6 Å². The van der Waals surface area contributed by atoms with Crippen molar-refractivity contribution in [1.29, 1.82) is 0 Å². The summed E-state index contributed by atoms with van der Waals surface area (Å²) in [4.78, 5) is 23.7. The molecule has 0 fully saturated rings. The number of hydrogen-bond donors (Lipinski definition) is 2. The van der Waals surface area contributed by atoms with Gasteiger partial charge in [-0.2, -0.15) is 0 Å². The molecule has 0 heterocycles. The molecule has 2 amide bonds. The van der Waals surface area contributed by atoms with Crippen LogP contribution in [0.15, 0.2) is 30.3 Å². The van der Waals surface area contributed by atoms with E-state index in [2.05, 4.69) is 22.8 Å². The smallest absolute Gasteiger partial charge is 0.242 e. The number of rotatable bonds is 8. The van der Waals surface area contributed by atoms with Gasteiger partial charge >= 0.3 is 0 Å². The molecule has 2 N–H and O–H groups in total. The molecule has 0 bridgehead atoms. The van der Waals surface area contributed by atoms with Gasteiger partial charge in [0.05, 0.1) is 0 Å². The number of nitrogens with one attached hydrogen (secondary N) is 2. The molecule has 21 heavy (non-hydrogen) atoms. The Kier molecular flexibility index (Phi) is 7.51. The molecule has 1 aromatic rings. The number of carbonyl (C=O) groups is 2. The van der Waals surface area contributed by atoms with E-state index in [-0.39, 0.29) is 11.8 Å². The molecule has 0 saturated carbocycles. The van der Waals surface area contributed by atoms with Crippen LogP contribution in [0.4, 0.5) is 0 Å². The van der Waals surface area contributed by atoms with Crippen LogP contribution in [0.25, 0.3) is 0 Å². The molecular formula is C17H26N2O2. The molecule has 1 atom stereocenters. The van der Waals surface area contributed by atoms with E-state index in [1.807, 2.05) is 32.0 Å². The monoisotopic (exact) mass is 290 g/mol. The first-order valence-electron chi connectivity index (χ1n) is 7.57. The summed E-state index contributed by atoms with van der Waals surface area (Å²) in [6, 6.07) is 9.67. The maximum Gasteiger partial charge on any atom is 0.242 e. The Morgan fingerprint density at radius 2 is 1.81 bits per heavy atom. The van der Waals surface area contributed by atoms with E-state index < -0.39 is 6.04 Å².